The van der Waals surface area contributed by atoms with E-state index < -0.39 is 0 Å². The molecule has 3 aromatic rings. The molecule has 0 bridgehead atoms. The first-order chi connectivity index (χ1) is 10.6. The van der Waals surface area contributed by atoms with Crippen LogP contribution in [0.3, 0.4) is 0 Å². The average molecular weight is 301 g/mol. The van der Waals surface area contributed by atoms with E-state index in [2.05, 4.69) is 20.6 Å². The van der Waals surface area contributed by atoms with Crippen LogP contribution in [0.2, 0.25) is 0 Å². The first-order valence-corrected chi connectivity index (χ1v) is 6.92. The van der Waals surface area contributed by atoms with Gasteiger partial charge >= 0.3 is 0 Å². The number of aryl methyl sites for hydroxylation is 1. The molecule has 0 unspecified atom stereocenters. The summed E-state index contributed by atoms with van der Waals surface area (Å²) in [6, 6.07) is 6.22. The Morgan fingerprint density at radius 3 is 2.55 bits per heavy atom. The molecule has 7 nitrogen and oxygen atoms in total. The first-order valence-electron chi connectivity index (χ1n) is 6.92. The Morgan fingerprint density at radius 1 is 1.23 bits per heavy atom. The van der Waals surface area contributed by atoms with E-state index in [1.165, 1.54) is 12.1 Å². The average Bonchev–Trinajstić information content (AvgIpc) is 3.05. The summed E-state index contributed by atoms with van der Waals surface area (Å²) in [5.74, 6) is 0.951. The fourth-order valence-corrected chi connectivity index (χ4v) is 2.34. The van der Waals surface area contributed by atoms with Gasteiger partial charge in [-0.2, -0.15) is 5.10 Å². The lowest BCUT2D eigenvalue weighted by Gasteiger charge is -2.02. The van der Waals surface area contributed by atoms with Crippen LogP contribution in [0.1, 0.15) is 18.3 Å². The number of nitrogens with two attached hydrogens (primary N) is 1. The second-order valence-corrected chi connectivity index (χ2v) is 4.95. The molecular weight excluding hydrogens is 285 g/mol. The number of benzene rings is 1. The summed E-state index contributed by atoms with van der Waals surface area (Å²) in [7, 11) is 1.76. The lowest BCUT2D eigenvalue weighted by atomic mass is 10.1. The van der Waals surface area contributed by atoms with Crippen molar-refractivity contribution in [3.63, 3.8) is 0 Å². The van der Waals surface area contributed by atoms with Crippen LogP contribution in [0, 0.1) is 5.82 Å². The van der Waals surface area contributed by atoms with Crippen molar-refractivity contribution in [1.82, 2.24) is 30.0 Å². The highest BCUT2D eigenvalue weighted by Crippen LogP contribution is 2.28. The molecule has 0 saturated heterocycles. The van der Waals surface area contributed by atoms with Crippen LogP contribution in [0.4, 0.5) is 10.2 Å². The summed E-state index contributed by atoms with van der Waals surface area (Å²) >= 11 is 0. The van der Waals surface area contributed by atoms with Gasteiger partial charge in [0.1, 0.15) is 18.2 Å². The molecule has 0 aliphatic carbocycles. The summed E-state index contributed by atoms with van der Waals surface area (Å²) in [6.45, 7) is 2.39. The minimum Gasteiger partial charge on any atom is -0.384 e. The maximum absolute atomic E-state index is 13.1. The van der Waals surface area contributed by atoms with Gasteiger partial charge in [0.25, 0.3) is 0 Å². The van der Waals surface area contributed by atoms with Gasteiger partial charge in [-0.15, -0.1) is 5.10 Å². The summed E-state index contributed by atoms with van der Waals surface area (Å²) in [5.41, 5.74) is 8.72. The van der Waals surface area contributed by atoms with Crippen LogP contribution < -0.4 is 5.73 Å². The lowest BCUT2D eigenvalue weighted by Crippen LogP contribution is -2.11. The fourth-order valence-electron chi connectivity index (χ4n) is 2.34. The normalized spacial score (nSPS) is 11.0. The zero-order chi connectivity index (χ0) is 15.7. The van der Waals surface area contributed by atoms with E-state index in [0.29, 0.717) is 18.2 Å². The molecular formula is C14H16FN7. The SMILES string of the molecule is CCc1c(-c2ccc(F)cc2)nn(Cc2nnnn2C)c1N. The van der Waals surface area contributed by atoms with E-state index in [1.54, 1.807) is 28.5 Å². The molecule has 0 aliphatic rings. The third kappa shape index (κ3) is 2.43. The van der Waals surface area contributed by atoms with Crippen molar-refractivity contribution in [3.8, 4) is 11.3 Å². The molecule has 2 N–H and O–H groups in total. The summed E-state index contributed by atoms with van der Waals surface area (Å²) in [4.78, 5) is 0. The second kappa shape index (κ2) is 5.55. The predicted molar refractivity (Wildman–Crippen MR) is 79.3 cm³/mol. The number of nitrogens with zero attached hydrogens (tertiary/aromatic N) is 6. The molecule has 0 fully saturated rings. The molecule has 3 rings (SSSR count). The summed E-state index contributed by atoms with van der Waals surface area (Å²) in [5, 5.41) is 15.9. The van der Waals surface area contributed by atoms with E-state index in [-0.39, 0.29) is 5.82 Å². The molecule has 0 amide bonds. The van der Waals surface area contributed by atoms with Crippen molar-refractivity contribution in [1.29, 1.82) is 0 Å². The topological polar surface area (TPSA) is 87.4 Å². The smallest absolute Gasteiger partial charge is 0.172 e. The van der Waals surface area contributed by atoms with Gasteiger partial charge in [-0.1, -0.05) is 6.92 Å². The van der Waals surface area contributed by atoms with Crippen molar-refractivity contribution >= 4 is 5.82 Å². The fraction of sp³-hybridized carbons (Fsp3) is 0.286. The van der Waals surface area contributed by atoms with E-state index in [1.807, 2.05) is 6.92 Å². The zero-order valence-corrected chi connectivity index (χ0v) is 12.4. The monoisotopic (exact) mass is 301 g/mol. The molecule has 2 aromatic heterocycles. The zero-order valence-electron chi connectivity index (χ0n) is 12.4. The Labute approximate surface area is 126 Å². The van der Waals surface area contributed by atoms with Crippen molar-refractivity contribution in [2.45, 2.75) is 19.9 Å². The maximum atomic E-state index is 13.1. The highest BCUT2D eigenvalue weighted by Gasteiger charge is 2.17. The van der Waals surface area contributed by atoms with Crippen molar-refractivity contribution in [2.24, 2.45) is 7.05 Å². The highest BCUT2D eigenvalue weighted by molar-refractivity contribution is 5.68. The molecule has 0 saturated carbocycles. The third-order valence-electron chi connectivity index (χ3n) is 3.56. The Balaban J connectivity index is 2.03. The molecule has 2 heterocycles. The van der Waals surface area contributed by atoms with Crippen LogP contribution in [0.25, 0.3) is 11.3 Å². The van der Waals surface area contributed by atoms with E-state index in [4.69, 9.17) is 5.73 Å². The number of rotatable bonds is 4. The van der Waals surface area contributed by atoms with Gasteiger partial charge in [0.2, 0.25) is 0 Å². The van der Waals surface area contributed by atoms with Crippen molar-refractivity contribution in [3.05, 3.63) is 41.5 Å². The third-order valence-corrected chi connectivity index (χ3v) is 3.56. The number of tetrazole rings is 1. The van der Waals surface area contributed by atoms with Gasteiger partial charge in [0.05, 0.1) is 5.69 Å². The molecule has 0 radical (unpaired) electrons. The second-order valence-electron chi connectivity index (χ2n) is 4.95. The number of halogens is 1. The van der Waals surface area contributed by atoms with Crippen molar-refractivity contribution < 1.29 is 4.39 Å². The minimum absolute atomic E-state index is 0.278. The Kier molecular flexibility index (Phi) is 3.58. The largest absolute Gasteiger partial charge is 0.384 e. The van der Waals surface area contributed by atoms with Crippen LogP contribution in [0.15, 0.2) is 24.3 Å². The number of hydrogen-bond donors (Lipinski definition) is 1. The minimum atomic E-state index is -0.278. The summed E-state index contributed by atoms with van der Waals surface area (Å²) in [6.07, 6.45) is 0.732. The Bertz CT molecular complexity index is 788. The van der Waals surface area contributed by atoms with E-state index >= 15 is 0 Å². The van der Waals surface area contributed by atoms with E-state index in [0.717, 1.165) is 23.2 Å². The van der Waals surface area contributed by atoms with Gasteiger partial charge in [-0.25, -0.2) is 13.8 Å². The number of hydrogen-bond acceptors (Lipinski definition) is 5. The molecule has 0 spiro atoms. The molecule has 1 aromatic carbocycles. The Hall–Kier alpha value is -2.77. The lowest BCUT2D eigenvalue weighted by molar-refractivity contribution is 0.612. The van der Waals surface area contributed by atoms with Crippen LogP contribution >= 0.6 is 0 Å². The van der Waals surface area contributed by atoms with E-state index in [9.17, 15) is 4.39 Å². The van der Waals surface area contributed by atoms with Crippen LogP contribution in [-0.4, -0.2) is 30.0 Å². The number of nitrogen functional groups attached to an aromatic ring is 1. The molecule has 0 atom stereocenters. The number of aromatic nitrogens is 6. The first kappa shape index (κ1) is 14.2. The predicted octanol–water partition coefficient (Wildman–Crippen LogP) is 1.41. The van der Waals surface area contributed by atoms with Gasteiger partial charge < -0.3 is 5.73 Å². The van der Waals surface area contributed by atoms with Crippen LogP contribution in [0.5, 0.6) is 0 Å². The van der Waals surface area contributed by atoms with Crippen LogP contribution in [-0.2, 0) is 20.0 Å². The molecule has 8 heteroatoms. The molecule has 114 valence electrons. The molecule has 22 heavy (non-hydrogen) atoms. The Morgan fingerprint density at radius 2 is 1.95 bits per heavy atom. The quantitative estimate of drug-likeness (QED) is 0.787. The van der Waals surface area contributed by atoms with Crippen molar-refractivity contribution in [2.75, 3.05) is 5.73 Å². The maximum Gasteiger partial charge on any atom is 0.172 e. The standard InChI is InChI=1S/C14H16FN7/c1-3-11-13(9-4-6-10(15)7-5-9)18-22(14(11)16)8-12-17-19-20-21(12)2/h4-7H,3,8,16H2,1-2H3. The highest BCUT2D eigenvalue weighted by atomic mass is 19.1. The molecule has 0 aliphatic heterocycles. The van der Waals surface area contributed by atoms with Gasteiger partial charge in [-0.3, -0.25) is 0 Å². The van der Waals surface area contributed by atoms with Gasteiger partial charge in [0, 0.05) is 18.2 Å². The van der Waals surface area contributed by atoms with Gasteiger partial charge in [0.15, 0.2) is 5.82 Å². The summed E-state index contributed by atoms with van der Waals surface area (Å²) < 4.78 is 16.3. The number of anilines is 1. The van der Waals surface area contributed by atoms with Gasteiger partial charge in [-0.05, 0) is 41.1 Å².